The average Bonchev–Trinajstić information content (AvgIpc) is 2.46. The van der Waals surface area contributed by atoms with Crippen LogP contribution in [0.4, 0.5) is 0 Å². The van der Waals surface area contributed by atoms with Gasteiger partial charge in [-0.15, -0.1) is 11.8 Å². The minimum atomic E-state index is -0.827. The first-order valence-electron chi connectivity index (χ1n) is 7.26. The number of thioether (sulfide) groups is 2. The average molecular weight is 326 g/mol. The number of carbonyl (C=O) groups is 1. The molecule has 1 saturated heterocycles. The maximum Gasteiger partial charge on any atom is 0.310 e. The summed E-state index contributed by atoms with van der Waals surface area (Å²) in [5.74, 6) is 1.79. The lowest BCUT2D eigenvalue weighted by Crippen LogP contribution is -2.22. The van der Waals surface area contributed by atoms with Gasteiger partial charge in [-0.1, -0.05) is 6.92 Å². The molecule has 4 nitrogen and oxygen atoms in total. The van der Waals surface area contributed by atoms with Crippen molar-refractivity contribution in [1.29, 1.82) is 0 Å². The number of nitrogens with zero attached hydrogens (tertiary/aromatic N) is 2. The van der Waals surface area contributed by atoms with Crippen molar-refractivity contribution in [2.45, 2.75) is 50.5 Å². The van der Waals surface area contributed by atoms with Crippen LogP contribution in [0.2, 0.25) is 0 Å². The highest BCUT2D eigenvalue weighted by Crippen LogP contribution is 2.43. The second-order valence-electron chi connectivity index (χ2n) is 5.34. The summed E-state index contributed by atoms with van der Waals surface area (Å²) in [6.45, 7) is 7.70. The van der Waals surface area contributed by atoms with Crippen molar-refractivity contribution in [3.8, 4) is 0 Å². The van der Waals surface area contributed by atoms with E-state index in [1.54, 1.807) is 6.92 Å². The highest BCUT2D eigenvalue weighted by atomic mass is 32.2. The third kappa shape index (κ3) is 3.54. The number of hydrogen-bond acceptors (Lipinski definition) is 5. The summed E-state index contributed by atoms with van der Waals surface area (Å²) in [4.78, 5) is 20.5. The second kappa shape index (κ2) is 7.01. The predicted molar refractivity (Wildman–Crippen MR) is 89.3 cm³/mol. The molecule has 1 aromatic heterocycles. The number of carboxylic acids is 1. The van der Waals surface area contributed by atoms with E-state index >= 15 is 0 Å². The predicted octanol–water partition coefficient (Wildman–Crippen LogP) is 3.58. The van der Waals surface area contributed by atoms with Crippen LogP contribution < -0.4 is 0 Å². The molecule has 2 heterocycles. The normalized spacial score (nSPS) is 23.8. The molecule has 116 valence electrons. The first-order chi connectivity index (χ1) is 9.95. The largest absolute Gasteiger partial charge is 0.481 e. The second-order valence-corrected chi connectivity index (χ2v) is 7.93. The Labute approximate surface area is 134 Å². The van der Waals surface area contributed by atoms with Gasteiger partial charge in [0.2, 0.25) is 0 Å². The molecule has 3 unspecified atom stereocenters. The Morgan fingerprint density at radius 1 is 1.29 bits per heavy atom. The minimum absolute atomic E-state index is 0.320. The van der Waals surface area contributed by atoms with E-state index in [0.29, 0.717) is 10.5 Å². The van der Waals surface area contributed by atoms with Crippen molar-refractivity contribution in [3.63, 3.8) is 0 Å². The Morgan fingerprint density at radius 2 is 1.86 bits per heavy atom. The molecule has 3 atom stereocenters. The fraction of sp³-hybridized carbons (Fsp3) is 0.667. The lowest BCUT2D eigenvalue weighted by Gasteiger charge is -2.29. The zero-order chi connectivity index (χ0) is 15.6. The maximum absolute atomic E-state index is 11.2. The van der Waals surface area contributed by atoms with Gasteiger partial charge in [0.15, 0.2) is 0 Å². The summed E-state index contributed by atoms with van der Waals surface area (Å²) in [5.41, 5.74) is 2.37. The zero-order valence-corrected chi connectivity index (χ0v) is 14.6. The highest BCUT2D eigenvalue weighted by molar-refractivity contribution is 8.06. The lowest BCUT2D eigenvalue weighted by molar-refractivity contribution is -0.138. The molecule has 0 bridgehead atoms. The van der Waals surface area contributed by atoms with Crippen molar-refractivity contribution in [3.05, 3.63) is 22.8 Å². The molecule has 1 aliphatic rings. The molecule has 1 fully saturated rings. The van der Waals surface area contributed by atoms with Gasteiger partial charge in [0, 0.05) is 33.7 Å². The number of aliphatic carboxylic acids is 1. The van der Waals surface area contributed by atoms with Crippen molar-refractivity contribution in [2.24, 2.45) is 0 Å². The van der Waals surface area contributed by atoms with Crippen LogP contribution in [0.15, 0.2) is 0 Å². The van der Waals surface area contributed by atoms with E-state index < -0.39 is 11.9 Å². The molecule has 0 aromatic carbocycles. The molecule has 21 heavy (non-hydrogen) atoms. The number of hydrogen-bond donors (Lipinski definition) is 1. The van der Waals surface area contributed by atoms with Gasteiger partial charge >= 0.3 is 5.97 Å². The highest BCUT2D eigenvalue weighted by Gasteiger charge is 2.30. The van der Waals surface area contributed by atoms with E-state index in [9.17, 15) is 9.90 Å². The Morgan fingerprint density at radius 3 is 2.38 bits per heavy atom. The summed E-state index contributed by atoms with van der Waals surface area (Å²) in [6.07, 6.45) is 1.11. The molecule has 6 heteroatoms. The van der Waals surface area contributed by atoms with E-state index in [0.717, 1.165) is 34.9 Å². The van der Waals surface area contributed by atoms with Crippen molar-refractivity contribution >= 4 is 29.5 Å². The van der Waals surface area contributed by atoms with E-state index in [4.69, 9.17) is 0 Å². The molecular weight excluding hydrogens is 304 g/mol. The third-order valence-electron chi connectivity index (χ3n) is 3.85. The molecule has 0 amide bonds. The van der Waals surface area contributed by atoms with Crippen LogP contribution in [-0.2, 0) is 4.79 Å². The number of carboxylic acid groups (broad SMARTS) is 1. The van der Waals surface area contributed by atoms with Gasteiger partial charge in [-0.25, -0.2) is 9.97 Å². The molecule has 1 aromatic rings. The van der Waals surface area contributed by atoms with Crippen LogP contribution in [0.1, 0.15) is 54.2 Å². The summed E-state index contributed by atoms with van der Waals surface area (Å²) in [6, 6.07) is 0. The van der Waals surface area contributed by atoms with Gasteiger partial charge in [0.1, 0.15) is 5.82 Å². The van der Waals surface area contributed by atoms with Crippen LogP contribution in [0.25, 0.3) is 0 Å². The number of aromatic nitrogens is 2. The van der Waals surface area contributed by atoms with Gasteiger partial charge in [-0.2, -0.15) is 11.8 Å². The fourth-order valence-electron chi connectivity index (χ4n) is 2.77. The van der Waals surface area contributed by atoms with Gasteiger partial charge in [-0.05, 0) is 27.2 Å². The van der Waals surface area contributed by atoms with E-state index in [1.165, 1.54) is 5.75 Å². The van der Waals surface area contributed by atoms with Crippen LogP contribution in [0, 0.1) is 13.8 Å². The molecule has 0 spiro atoms. The smallest absolute Gasteiger partial charge is 0.310 e. The molecule has 1 N–H and O–H groups in total. The summed E-state index contributed by atoms with van der Waals surface area (Å²) in [5, 5.41) is 10.1. The van der Waals surface area contributed by atoms with Crippen molar-refractivity contribution in [1.82, 2.24) is 9.97 Å². The monoisotopic (exact) mass is 326 g/mol. The van der Waals surface area contributed by atoms with Crippen molar-refractivity contribution in [2.75, 3.05) is 11.5 Å². The topological polar surface area (TPSA) is 63.1 Å². The van der Waals surface area contributed by atoms with Crippen LogP contribution in [-0.4, -0.2) is 37.8 Å². The zero-order valence-electron chi connectivity index (χ0n) is 12.9. The van der Waals surface area contributed by atoms with Crippen molar-refractivity contribution < 1.29 is 9.90 Å². The molecule has 0 radical (unpaired) electrons. The Balaban J connectivity index is 2.37. The molecule has 2 rings (SSSR count). The Bertz CT molecular complexity index is 513. The van der Waals surface area contributed by atoms with E-state index in [2.05, 4.69) is 16.9 Å². The third-order valence-corrected chi connectivity index (χ3v) is 7.10. The first kappa shape index (κ1) is 16.6. The van der Waals surface area contributed by atoms with Gasteiger partial charge in [-0.3, -0.25) is 4.79 Å². The molecule has 0 aliphatic carbocycles. The summed E-state index contributed by atoms with van der Waals surface area (Å²) >= 11 is 3.92. The molecular formula is C15H22N2O2S2. The van der Waals surface area contributed by atoms with E-state index in [1.807, 2.05) is 37.4 Å². The van der Waals surface area contributed by atoms with Crippen LogP contribution in [0.5, 0.6) is 0 Å². The molecule has 1 aliphatic heterocycles. The molecule has 0 saturated carbocycles. The first-order valence-corrected chi connectivity index (χ1v) is 9.36. The summed E-state index contributed by atoms with van der Waals surface area (Å²) < 4.78 is 0. The SMILES string of the molecule is CCC1SCCSC1c1nc(C)c(C(C)C(=O)O)c(C)n1. The van der Waals surface area contributed by atoms with E-state index in [-0.39, 0.29) is 0 Å². The fourth-order valence-corrected chi connectivity index (χ4v) is 5.76. The Hall–Kier alpha value is -0.750. The van der Waals surface area contributed by atoms with Gasteiger partial charge in [0.05, 0.1) is 11.2 Å². The van der Waals surface area contributed by atoms with Crippen LogP contribution >= 0.6 is 23.5 Å². The van der Waals surface area contributed by atoms with Gasteiger partial charge < -0.3 is 5.11 Å². The number of aryl methyl sites for hydroxylation is 2. The summed E-state index contributed by atoms with van der Waals surface area (Å²) in [7, 11) is 0. The standard InChI is InChI=1S/C15H22N2O2S2/c1-5-11-13(21-7-6-20-11)14-16-9(3)12(10(4)17-14)8(2)15(18)19/h8,11,13H,5-7H2,1-4H3,(H,18,19). The quantitative estimate of drug-likeness (QED) is 0.912. The maximum atomic E-state index is 11.2. The lowest BCUT2D eigenvalue weighted by atomic mass is 9.98. The van der Waals surface area contributed by atoms with Crippen LogP contribution in [0.3, 0.4) is 0 Å². The Kier molecular flexibility index (Phi) is 5.54. The van der Waals surface area contributed by atoms with Gasteiger partial charge in [0.25, 0.3) is 0 Å². The number of rotatable bonds is 4. The minimum Gasteiger partial charge on any atom is -0.481 e.